The van der Waals surface area contributed by atoms with Crippen LogP contribution in [-0.2, 0) is 4.74 Å². The van der Waals surface area contributed by atoms with Crippen molar-refractivity contribution in [2.45, 2.75) is 51.5 Å². The Kier molecular flexibility index (Phi) is 10.5. The molecule has 1 N–H and O–H groups in total. The average Bonchev–Trinajstić information content (AvgIpc) is 2.59. The van der Waals surface area contributed by atoms with Crippen molar-refractivity contribution in [3.63, 3.8) is 0 Å². The van der Waals surface area contributed by atoms with Crippen molar-refractivity contribution in [3.8, 4) is 0 Å². The van der Waals surface area contributed by atoms with Crippen LogP contribution in [0.4, 0.5) is 17.6 Å². The Morgan fingerprint density at radius 3 is 2.50 bits per heavy atom. The van der Waals surface area contributed by atoms with Gasteiger partial charge in [0.2, 0.25) is 0 Å². The minimum Gasteiger partial charge on any atom is -0.367 e. The van der Waals surface area contributed by atoms with Crippen molar-refractivity contribution in [1.82, 2.24) is 10.2 Å². The summed E-state index contributed by atoms with van der Waals surface area (Å²) in [5, 5.41) is 3.20. The third kappa shape index (κ3) is 8.50. The summed E-state index contributed by atoms with van der Waals surface area (Å²) in [7, 11) is 0. The van der Waals surface area contributed by atoms with E-state index in [0.717, 1.165) is 5.56 Å². The van der Waals surface area contributed by atoms with Gasteiger partial charge < -0.3 is 15.0 Å². The van der Waals surface area contributed by atoms with Gasteiger partial charge in [-0.25, -0.2) is 4.39 Å². The van der Waals surface area contributed by atoms with Crippen LogP contribution in [0.1, 0.15) is 44.8 Å². The number of alkyl halides is 3. The third-order valence-corrected chi connectivity index (χ3v) is 4.27. The first-order valence-electron chi connectivity index (χ1n) is 9.29. The molecule has 4 nitrogen and oxygen atoms in total. The van der Waals surface area contributed by atoms with Crippen LogP contribution in [0.15, 0.2) is 29.3 Å². The zero-order valence-corrected chi connectivity index (χ0v) is 18.5. The monoisotopic (exact) mass is 517 g/mol. The molecule has 0 spiro atoms. The molecule has 1 aliphatic rings. The van der Waals surface area contributed by atoms with Gasteiger partial charge >= 0.3 is 6.18 Å². The molecule has 1 fully saturated rings. The number of benzene rings is 1. The van der Waals surface area contributed by atoms with Crippen LogP contribution < -0.4 is 5.32 Å². The van der Waals surface area contributed by atoms with E-state index in [1.165, 1.54) is 12.1 Å². The SMILES string of the molecule is CCNC(=NCCCCC(F)(F)F)N1CC(C)OC(c2ccc(F)cc2)C1.I. The molecule has 1 heterocycles. The van der Waals surface area contributed by atoms with Gasteiger partial charge in [0, 0.05) is 26.1 Å². The second-order valence-electron chi connectivity index (χ2n) is 6.70. The number of hydrogen-bond donors (Lipinski definition) is 1. The van der Waals surface area contributed by atoms with Crippen LogP contribution in [0.2, 0.25) is 0 Å². The van der Waals surface area contributed by atoms with Crippen molar-refractivity contribution in [2.75, 3.05) is 26.2 Å². The molecule has 2 unspecified atom stereocenters. The number of morpholine rings is 1. The van der Waals surface area contributed by atoms with E-state index in [9.17, 15) is 17.6 Å². The molecule has 9 heteroatoms. The predicted octanol–water partition coefficient (Wildman–Crippen LogP) is 4.90. The highest BCUT2D eigenvalue weighted by molar-refractivity contribution is 14.0. The normalized spacial score (nSPS) is 20.6. The minimum atomic E-state index is -4.11. The van der Waals surface area contributed by atoms with Gasteiger partial charge in [-0.15, -0.1) is 24.0 Å². The number of nitrogens with one attached hydrogen (secondary N) is 1. The summed E-state index contributed by atoms with van der Waals surface area (Å²) in [5.74, 6) is 0.375. The van der Waals surface area contributed by atoms with E-state index >= 15 is 0 Å². The average molecular weight is 517 g/mol. The Morgan fingerprint density at radius 2 is 1.89 bits per heavy atom. The largest absolute Gasteiger partial charge is 0.389 e. The van der Waals surface area contributed by atoms with Gasteiger partial charge in [-0.05, 0) is 44.4 Å². The lowest BCUT2D eigenvalue weighted by Crippen LogP contribution is -2.50. The number of unbranched alkanes of at least 4 members (excludes halogenated alkanes) is 1. The van der Waals surface area contributed by atoms with Gasteiger partial charge in [0.1, 0.15) is 11.9 Å². The highest BCUT2D eigenvalue weighted by Gasteiger charge is 2.28. The number of ether oxygens (including phenoxy) is 1. The molecule has 2 atom stereocenters. The molecule has 0 saturated carbocycles. The summed E-state index contributed by atoms with van der Waals surface area (Å²) < 4.78 is 55.8. The highest BCUT2D eigenvalue weighted by atomic mass is 127. The molecule has 0 amide bonds. The number of guanidine groups is 1. The van der Waals surface area contributed by atoms with Crippen molar-refractivity contribution in [1.29, 1.82) is 0 Å². The van der Waals surface area contributed by atoms with E-state index in [2.05, 4.69) is 15.2 Å². The highest BCUT2D eigenvalue weighted by Crippen LogP contribution is 2.26. The summed E-state index contributed by atoms with van der Waals surface area (Å²) in [6, 6.07) is 6.22. The Morgan fingerprint density at radius 1 is 1.21 bits per heavy atom. The summed E-state index contributed by atoms with van der Waals surface area (Å²) in [5.41, 5.74) is 0.883. The zero-order chi connectivity index (χ0) is 19.9. The van der Waals surface area contributed by atoms with Gasteiger partial charge in [0.05, 0.1) is 12.6 Å². The molecule has 0 aromatic heterocycles. The van der Waals surface area contributed by atoms with Crippen LogP contribution in [0.5, 0.6) is 0 Å². The first kappa shape index (κ1) is 24.9. The first-order valence-corrected chi connectivity index (χ1v) is 9.29. The number of hydrogen-bond acceptors (Lipinski definition) is 2. The summed E-state index contributed by atoms with van der Waals surface area (Å²) in [4.78, 5) is 6.53. The maximum absolute atomic E-state index is 13.2. The minimum absolute atomic E-state index is 0. The lowest BCUT2D eigenvalue weighted by Gasteiger charge is -2.38. The molecule has 160 valence electrons. The molecule has 28 heavy (non-hydrogen) atoms. The van der Waals surface area contributed by atoms with Crippen molar-refractivity contribution < 1.29 is 22.3 Å². The molecule has 0 bridgehead atoms. The molecular formula is C19H28F4IN3O. The molecule has 0 aliphatic carbocycles. The van der Waals surface area contributed by atoms with Gasteiger partial charge in [-0.2, -0.15) is 13.2 Å². The van der Waals surface area contributed by atoms with Crippen LogP contribution >= 0.6 is 24.0 Å². The fourth-order valence-electron chi connectivity index (χ4n) is 3.03. The Balaban J connectivity index is 0.00000392. The van der Waals surface area contributed by atoms with Gasteiger partial charge in [0.15, 0.2) is 5.96 Å². The summed E-state index contributed by atoms with van der Waals surface area (Å²) >= 11 is 0. The second-order valence-corrected chi connectivity index (χ2v) is 6.70. The Hall–Kier alpha value is -1.10. The van der Waals surface area contributed by atoms with E-state index in [1.807, 2.05) is 13.8 Å². The van der Waals surface area contributed by atoms with E-state index in [-0.39, 0.29) is 48.4 Å². The lowest BCUT2D eigenvalue weighted by molar-refractivity contribution is -0.135. The smallest absolute Gasteiger partial charge is 0.367 e. The fourth-order valence-corrected chi connectivity index (χ4v) is 3.03. The molecular weight excluding hydrogens is 489 g/mol. The van der Waals surface area contributed by atoms with Crippen LogP contribution in [0.25, 0.3) is 0 Å². The Bertz CT molecular complexity index is 610. The van der Waals surface area contributed by atoms with E-state index in [4.69, 9.17) is 4.74 Å². The molecule has 1 aromatic rings. The molecule has 0 radical (unpaired) electrons. The quantitative estimate of drug-likeness (QED) is 0.192. The Labute approximate surface area is 180 Å². The lowest BCUT2D eigenvalue weighted by atomic mass is 10.1. The number of nitrogens with zero attached hydrogens (tertiary/aromatic N) is 2. The van der Waals surface area contributed by atoms with Gasteiger partial charge in [0.25, 0.3) is 0 Å². The predicted molar refractivity (Wildman–Crippen MR) is 113 cm³/mol. The maximum Gasteiger partial charge on any atom is 0.389 e. The summed E-state index contributed by atoms with van der Waals surface area (Å²) in [6.45, 7) is 6.08. The number of aliphatic imine (C=N–C) groups is 1. The zero-order valence-electron chi connectivity index (χ0n) is 16.1. The maximum atomic E-state index is 13.2. The number of rotatable bonds is 6. The van der Waals surface area contributed by atoms with Crippen molar-refractivity contribution >= 4 is 29.9 Å². The molecule has 1 aliphatic heterocycles. The van der Waals surface area contributed by atoms with Crippen molar-refractivity contribution in [3.05, 3.63) is 35.6 Å². The fraction of sp³-hybridized carbons (Fsp3) is 0.632. The van der Waals surface area contributed by atoms with E-state index in [1.54, 1.807) is 12.1 Å². The van der Waals surface area contributed by atoms with Crippen LogP contribution in [0.3, 0.4) is 0 Å². The standard InChI is InChI=1S/C19H27F4N3O.HI/c1-3-24-18(25-11-5-4-10-19(21,22)23)26-12-14(2)27-17(13-26)15-6-8-16(20)9-7-15;/h6-9,14,17H,3-5,10-13H2,1-2H3,(H,24,25);1H. The molecule has 1 saturated heterocycles. The van der Waals surface area contributed by atoms with Crippen molar-refractivity contribution in [2.24, 2.45) is 4.99 Å². The van der Waals surface area contributed by atoms with E-state index in [0.29, 0.717) is 38.6 Å². The molecule has 1 aromatic carbocycles. The molecule has 2 rings (SSSR count). The van der Waals surface area contributed by atoms with Gasteiger partial charge in [-0.1, -0.05) is 12.1 Å². The number of halogens is 5. The first-order chi connectivity index (χ1) is 12.8. The second kappa shape index (κ2) is 11.8. The van der Waals surface area contributed by atoms with E-state index < -0.39 is 12.6 Å². The summed E-state index contributed by atoms with van der Waals surface area (Å²) in [6.07, 6.45) is -4.71. The van der Waals surface area contributed by atoms with Gasteiger partial charge in [-0.3, -0.25) is 4.99 Å². The van der Waals surface area contributed by atoms with Crippen LogP contribution in [-0.4, -0.2) is 49.3 Å². The van der Waals surface area contributed by atoms with Crippen LogP contribution in [0, 0.1) is 5.82 Å². The topological polar surface area (TPSA) is 36.9 Å². The third-order valence-electron chi connectivity index (χ3n) is 4.27.